The van der Waals surface area contributed by atoms with Gasteiger partial charge < -0.3 is 4.74 Å². The van der Waals surface area contributed by atoms with E-state index >= 15 is 0 Å². The summed E-state index contributed by atoms with van der Waals surface area (Å²) in [5.74, 6) is 1.76. The third kappa shape index (κ3) is 2.96. The fourth-order valence-electron chi connectivity index (χ4n) is 2.46. The van der Waals surface area contributed by atoms with Gasteiger partial charge in [-0.1, -0.05) is 29.8 Å². The van der Waals surface area contributed by atoms with Gasteiger partial charge >= 0.3 is 0 Å². The number of hydrogen-bond acceptors (Lipinski definition) is 1. The summed E-state index contributed by atoms with van der Waals surface area (Å²) < 4.78 is 5.90. The van der Waals surface area contributed by atoms with Crippen molar-refractivity contribution in [2.45, 2.75) is 52.1 Å². The first-order valence-electron chi connectivity index (χ1n) is 5.83. The Bertz CT molecular complexity index is 160. The summed E-state index contributed by atoms with van der Waals surface area (Å²) in [4.78, 5) is 0. The molecule has 0 amide bonds. The van der Waals surface area contributed by atoms with E-state index in [0.29, 0.717) is 0 Å². The molecule has 0 saturated heterocycles. The molecule has 0 aliphatic heterocycles. The molecule has 0 radical (unpaired) electrons. The Morgan fingerprint density at radius 1 is 1.36 bits per heavy atom. The second-order valence-corrected chi connectivity index (χ2v) is 5.39. The van der Waals surface area contributed by atoms with E-state index in [2.05, 4.69) is 36.7 Å². The predicted molar refractivity (Wildman–Crippen MR) is 64.9 cm³/mol. The summed E-state index contributed by atoms with van der Waals surface area (Å²) in [6, 6.07) is 0. The van der Waals surface area contributed by atoms with Crippen molar-refractivity contribution in [2.24, 2.45) is 11.8 Å². The molecular formula is C12H23BrO. The zero-order valence-corrected chi connectivity index (χ0v) is 11.3. The summed E-state index contributed by atoms with van der Waals surface area (Å²) in [6.45, 7) is 7.62. The molecule has 84 valence electrons. The fraction of sp³-hybridized carbons (Fsp3) is 1.00. The zero-order valence-electron chi connectivity index (χ0n) is 9.68. The van der Waals surface area contributed by atoms with Crippen LogP contribution in [0.25, 0.3) is 0 Å². The van der Waals surface area contributed by atoms with Gasteiger partial charge in [0.1, 0.15) is 0 Å². The van der Waals surface area contributed by atoms with Crippen LogP contribution in [0.2, 0.25) is 0 Å². The molecule has 1 aliphatic rings. The van der Waals surface area contributed by atoms with Crippen LogP contribution in [0, 0.1) is 11.8 Å². The van der Waals surface area contributed by atoms with E-state index in [0.717, 1.165) is 23.8 Å². The maximum absolute atomic E-state index is 5.90. The molecule has 0 N–H and O–H groups in total. The SMILES string of the molecule is CCOC1(CBr)CCC(C(C)C)CC1. The highest BCUT2D eigenvalue weighted by molar-refractivity contribution is 9.09. The minimum absolute atomic E-state index is 0.153. The molecule has 0 atom stereocenters. The molecule has 2 heteroatoms. The summed E-state index contributed by atoms with van der Waals surface area (Å²) in [6.07, 6.45) is 5.14. The fourth-order valence-corrected chi connectivity index (χ4v) is 3.18. The van der Waals surface area contributed by atoms with Gasteiger partial charge in [-0.15, -0.1) is 0 Å². The number of alkyl halides is 1. The Kier molecular flexibility index (Phi) is 4.92. The van der Waals surface area contributed by atoms with Gasteiger partial charge in [0.05, 0.1) is 5.60 Å². The van der Waals surface area contributed by atoms with Crippen molar-refractivity contribution in [3.05, 3.63) is 0 Å². The molecule has 0 unspecified atom stereocenters. The van der Waals surface area contributed by atoms with E-state index in [4.69, 9.17) is 4.74 Å². The van der Waals surface area contributed by atoms with Crippen LogP contribution in [-0.2, 0) is 4.74 Å². The normalized spacial score (nSPS) is 33.6. The van der Waals surface area contributed by atoms with E-state index in [9.17, 15) is 0 Å². The van der Waals surface area contributed by atoms with Crippen molar-refractivity contribution < 1.29 is 4.74 Å². The molecular weight excluding hydrogens is 240 g/mol. The molecule has 0 spiro atoms. The molecule has 14 heavy (non-hydrogen) atoms. The summed E-state index contributed by atoms with van der Waals surface area (Å²) >= 11 is 3.60. The second-order valence-electron chi connectivity index (χ2n) is 4.83. The lowest BCUT2D eigenvalue weighted by atomic mass is 9.75. The van der Waals surface area contributed by atoms with Crippen molar-refractivity contribution in [2.75, 3.05) is 11.9 Å². The lowest BCUT2D eigenvalue weighted by Crippen LogP contribution is -2.39. The van der Waals surface area contributed by atoms with Crippen LogP contribution in [0.4, 0.5) is 0 Å². The highest BCUT2D eigenvalue weighted by Crippen LogP contribution is 2.38. The Labute approximate surface area is 96.7 Å². The topological polar surface area (TPSA) is 9.23 Å². The minimum Gasteiger partial charge on any atom is -0.374 e. The van der Waals surface area contributed by atoms with E-state index in [1.54, 1.807) is 0 Å². The lowest BCUT2D eigenvalue weighted by Gasteiger charge is -2.40. The Morgan fingerprint density at radius 3 is 2.29 bits per heavy atom. The Balaban J connectivity index is 2.46. The quantitative estimate of drug-likeness (QED) is 0.696. The van der Waals surface area contributed by atoms with Crippen molar-refractivity contribution in [1.82, 2.24) is 0 Å². The zero-order chi connectivity index (χ0) is 10.6. The van der Waals surface area contributed by atoms with Gasteiger partial charge in [-0.25, -0.2) is 0 Å². The molecule has 1 rings (SSSR count). The first-order chi connectivity index (χ1) is 6.63. The first-order valence-corrected chi connectivity index (χ1v) is 6.95. The highest BCUT2D eigenvalue weighted by Gasteiger charge is 2.35. The van der Waals surface area contributed by atoms with Crippen molar-refractivity contribution in [3.63, 3.8) is 0 Å². The molecule has 0 aromatic carbocycles. The van der Waals surface area contributed by atoms with Crippen LogP contribution < -0.4 is 0 Å². The minimum atomic E-state index is 0.153. The van der Waals surface area contributed by atoms with Crippen molar-refractivity contribution in [1.29, 1.82) is 0 Å². The summed E-state index contributed by atoms with van der Waals surface area (Å²) in [5, 5.41) is 0.999. The molecule has 1 nitrogen and oxygen atoms in total. The van der Waals surface area contributed by atoms with Gasteiger partial charge in [0.15, 0.2) is 0 Å². The Morgan fingerprint density at radius 2 is 1.93 bits per heavy atom. The van der Waals surface area contributed by atoms with Crippen LogP contribution >= 0.6 is 15.9 Å². The number of rotatable bonds is 4. The molecule has 0 aromatic rings. The van der Waals surface area contributed by atoms with E-state index in [1.807, 2.05) is 0 Å². The average molecular weight is 263 g/mol. The van der Waals surface area contributed by atoms with Crippen molar-refractivity contribution >= 4 is 15.9 Å². The van der Waals surface area contributed by atoms with Crippen molar-refractivity contribution in [3.8, 4) is 0 Å². The van der Waals surface area contributed by atoms with Crippen LogP contribution in [0.1, 0.15) is 46.5 Å². The number of halogens is 1. The van der Waals surface area contributed by atoms with Crippen LogP contribution in [0.5, 0.6) is 0 Å². The monoisotopic (exact) mass is 262 g/mol. The number of ether oxygens (including phenoxy) is 1. The van der Waals surface area contributed by atoms with Crippen LogP contribution in [-0.4, -0.2) is 17.5 Å². The first kappa shape index (κ1) is 12.5. The molecule has 1 aliphatic carbocycles. The van der Waals surface area contributed by atoms with Gasteiger partial charge in [-0.2, -0.15) is 0 Å². The van der Waals surface area contributed by atoms with Gasteiger partial charge in [0, 0.05) is 11.9 Å². The molecule has 0 heterocycles. The predicted octanol–water partition coefficient (Wildman–Crippen LogP) is 4.00. The van der Waals surface area contributed by atoms with E-state index < -0.39 is 0 Å². The largest absolute Gasteiger partial charge is 0.374 e. The molecule has 1 saturated carbocycles. The van der Waals surface area contributed by atoms with Gasteiger partial charge in [0.25, 0.3) is 0 Å². The molecule has 0 bridgehead atoms. The summed E-state index contributed by atoms with van der Waals surface area (Å²) in [5.41, 5.74) is 0.153. The average Bonchev–Trinajstić information content (AvgIpc) is 2.19. The third-order valence-electron chi connectivity index (χ3n) is 3.58. The maximum atomic E-state index is 5.90. The standard InChI is InChI=1S/C12H23BrO/c1-4-14-12(9-13)7-5-11(6-8-12)10(2)3/h10-11H,4-9H2,1-3H3. The third-order valence-corrected chi connectivity index (χ3v) is 4.60. The van der Waals surface area contributed by atoms with E-state index in [1.165, 1.54) is 25.7 Å². The lowest BCUT2D eigenvalue weighted by molar-refractivity contribution is -0.0577. The van der Waals surface area contributed by atoms with Gasteiger partial charge in [0.2, 0.25) is 0 Å². The smallest absolute Gasteiger partial charge is 0.0778 e. The molecule has 1 fully saturated rings. The molecule has 0 aromatic heterocycles. The van der Waals surface area contributed by atoms with Crippen LogP contribution in [0.15, 0.2) is 0 Å². The Hall–Kier alpha value is 0.440. The highest BCUT2D eigenvalue weighted by atomic mass is 79.9. The summed E-state index contributed by atoms with van der Waals surface area (Å²) in [7, 11) is 0. The van der Waals surface area contributed by atoms with Gasteiger partial charge in [-0.05, 0) is 44.4 Å². The van der Waals surface area contributed by atoms with Crippen LogP contribution in [0.3, 0.4) is 0 Å². The maximum Gasteiger partial charge on any atom is 0.0778 e. The van der Waals surface area contributed by atoms with Gasteiger partial charge in [-0.3, -0.25) is 0 Å². The number of hydrogen-bond donors (Lipinski definition) is 0. The second kappa shape index (κ2) is 5.50. The van der Waals surface area contributed by atoms with E-state index in [-0.39, 0.29) is 5.60 Å².